The van der Waals surface area contributed by atoms with E-state index in [2.05, 4.69) is 13.8 Å². The van der Waals surface area contributed by atoms with E-state index in [4.69, 9.17) is 28.4 Å². The number of fused-ring (bicyclic) bond motifs is 4. The number of ether oxygens (including phenoxy) is 6. The Hall–Kier alpha value is -4.33. The van der Waals surface area contributed by atoms with Crippen LogP contribution in [0.5, 0.6) is 34.5 Å². The van der Waals surface area contributed by atoms with E-state index in [0.717, 1.165) is 11.1 Å². The summed E-state index contributed by atoms with van der Waals surface area (Å²) in [7, 11) is 4.53. The minimum Gasteiger partial charge on any atom is -0.504 e. The van der Waals surface area contributed by atoms with Gasteiger partial charge in [0, 0.05) is 28.7 Å². The SMILES string of the molecule is COc1cc2c(c(O)c1OC)-c1c(cc3c(c1OC)OCO3)C(OC(=O)/C=C/c1ccccc1)C(C)C(C)C2. The zero-order valence-electron chi connectivity index (χ0n) is 22.6. The number of carbonyl (C=O) groups excluding carboxylic acids is 1. The first-order valence-corrected chi connectivity index (χ1v) is 12.8. The third kappa shape index (κ3) is 4.71. The van der Waals surface area contributed by atoms with Crippen LogP contribution in [-0.2, 0) is 16.0 Å². The van der Waals surface area contributed by atoms with Crippen molar-refractivity contribution >= 4 is 12.0 Å². The van der Waals surface area contributed by atoms with Gasteiger partial charge in [-0.2, -0.15) is 0 Å². The average molecular weight is 533 g/mol. The molecule has 1 aliphatic carbocycles. The molecule has 0 saturated heterocycles. The number of benzene rings is 3. The van der Waals surface area contributed by atoms with Crippen molar-refractivity contribution < 1.29 is 38.3 Å². The Kier molecular flexibility index (Phi) is 7.28. The standard InChI is InChI=1S/C31H32O8/c1-17-13-20-14-22(34-3)29(35-4)27(33)25(20)26-21(15-23-30(31(26)36-5)38-16-37-23)28(18(17)2)39-24(32)12-11-19-9-7-6-8-10-19/h6-12,14-15,17-18,28,33H,13,16H2,1-5H3/b12-11+. The second kappa shape index (κ2) is 10.8. The minimum absolute atomic E-state index is 0.0234. The van der Waals surface area contributed by atoms with Gasteiger partial charge in [-0.1, -0.05) is 44.2 Å². The van der Waals surface area contributed by atoms with Gasteiger partial charge in [0.15, 0.2) is 23.0 Å². The fraction of sp³-hybridized carbons (Fsp3) is 0.323. The van der Waals surface area contributed by atoms with E-state index in [-0.39, 0.29) is 30.1 Å². The zero-order valence-corrected chi connectivity index (χ0v) is 22.6. The number of methoxy groups -OCH3 is 3. The smallest absolute Gasteiger partial charge is 0.331 e. The van der Waals surface area contributed by atoms with Crippen molar-refractivity contribution in [3.05, 3.63) is 65.2 Å². The Balaban J connectivity index is 1.71. The van der Waals surface area contributed by atoms with Crippen LogP contribution in [0.25, 0.3) is 17.2 Å². The maximum absolute atomic E-state index is 13.1. The Bertz CT molecular complexity index is 1410. The summed E-state index contributed by atoms with van der Waals surface area (Å²) in [5, 5.41) is 11.6. The number of phenols is 1. The van der Waals surface area contributed by atoms with E-state index in [1.807, 2.05) is 42.5 Å². The molecule has 39 heavy (non-hydrogen) atoms. The maximum atomic E-state index is 13.1. The first-order valence-electron chi connectivity index (χ1n) is 12.8. The number of phenolic OH excluding ortho intramolecular Hbond substituents is 1. The fourth-order valence-electron chi connectivity index (χ4n) is 5.35. The molecule has 3 atom stereocenters. The van der Waals surface area contributed by atoms with Gasteiger partial charge >= 0.3 is 5.97 Å². The zero-order chi connectivity index (χ0) is 27.7. The van der Waals surface area contributed by atoms with Gasteiger partial charge in [0.1, 0.15) is 6.10 Å². The van der Waals surface area contributed by atoms with Gasteiger partial charge in [0.25, 0.3) is 0 Å². The number of rotatable bonds is 6. The molecule has 0 bridgehead atoms. The minimum atomic E-state index is -0.674. The summed E-state index contributed by atoms with van der Waals surface area (Å²) in [5.41, 5.74) is 3.44. The monoisotopic (exact) mass is 532 g/mol. The lowest BCUT2D eigenvalue weighted by Gasteiger charge is -2.34. The summed E-state index contributed by atoms with van der Waals surface area (Å²) in [6.45, 7) is 4.17. The molecule has 3 unspecified atom stereocenters. The highest BCUT2D eigenvalue weighted by Crippen LogP contribution is 2.58. The van der Waals surface area contributed by atoms with E-state index in [1.165, 1.54) is 27.4 Å². The molecule has 5 rings (SSSR count). The Morgan fingerprint density at radius 3 is 2.41 bits per heavy atom. The van der Waals surface area contributed by atoms with Crippen molar-refractivity contribution in [2.24, 2.45) is 11.8 Å². The molecule has 0 aromatic heterocycles. The number of aromatic hydroxyl groups is 1. The molecule has 2 aliphatic rings. The van der Waals surface area contributed by atoms with E-state index in [9.17, 15) is 9.90 Å². The topological polar surface area (TPSA) is 92.7 Å². The van der Waals surface area contributed by atoms with Crippen LogP contribution < -0.4 is 23.7 Å². The van der Waals surface area contributed by atoms with Gasteiger partial charge in [-0.3, -0.25) is 0 Å². The molecule has 3 aromatic carbocycles. The molecular formula is C31H32O8. The quantitative estimate of drug-likeness (QED) is 0.308. The molecule has 0 radical (unpaired) electrons. The van der Waals surface area contributed by atoms with Gasteiger partial charge in [0.05, 0.1) is 21.3 Å². The predicted octanol–water partition coefficient (Wildman–Crippen LogP) is 5.94. The summed E-state index contributed by atoms with van der Waals surface area (Å²) < 4.78 is 34.6. The number of carbonyl (C=O) groups is 1. The lowest BCUT2D eigenvalue weighted by atomic mass is 9.76. The molecule has 0 fully saturated rings. The van der Waals surface area contributed by atoms with E-state index >= 15 is 0 Å². The third-order valence-electron chi connectivity index (χ3n) is 7.51. The Morgan fingerprint density at radius 1 is 0.974 bits per heavy atom. The van der Waals surface area contributed by atoms with Crippen molar-refractivity contribution in [3.63, 3.8) is 0 Å². The van der Waals surface area contributed by atoms with Gasteiger partial charge in [0.2, 0.25) is 18.3 Å². The highest BCUT2D eigenvalue weighted by atomic mass is 16.7. The van der Waals surface area contributed by atoms with Crippen LogP contribution in [0.4, 0.5) is 0 Å². The van der Waals surface area contributed by atoms with Crippen molar-refractivity contribution in [2.75, 3.05) is 28.1 Å². The average Bonchev–Trinajstić information content (AvgIpc) is 3.42. The second-order valence-electron chi connectivity index (χ2n) is 9.74. The van der Waals surface area contributed by atoms with Crippen LogP contribution in [0, 0.1) is 11.8 Å². The van der Waals surface area contributed by atoms with E-state index < -0.39 is 12.1 Å². The highest BCUT2D eigenvalue weighted by Gasteiger charge is 2.39. The first-order chi connectivity index (χ1) is 18.9. The van der Waals surface area contributed by atoms with Crippen LogP contribution in [0.1, 0.15) is 36.6 Å². The lowest BCUT2D eigenvalue weighted by molar-refractivity contribution is -0.146. The summed E-state index contributed by atoms with van der Waals surface area (Å²) in [5.74, 6) is 1.27. The molecule has 0 amide bonds. The Morgan fingerprint density at radius 2 is 1.72 bits per heavy atom. The summed E-state index contributed by atoms with van der Waals surface area (Å²) in [6.07, 6.45) is 3.05. The largest absolute Gasteiger partial charge is 0.504 e. The number of esters is 1. The van der Waals surface area contributed by atoms with E-state index in [1.54, 1.807) is 6.08 Å². The van der Waals surface area contributed by atoms with Crippen molar-refractivity contribution in [1.82, 2.24) is 0 Å². The normalized spacial score (nSPS) is 19.5. The van der Waals surface area contributed by atoms with Crippen molar-refractivity contribution in [1.29, 1.82) is 0 Å². The van der Waals surface area contributed by atoms with Crippen LogP contribution in [-0.4, -0.2) is 39.2 Å². The van der Waals surface area contributed by atoms with Gasteiger partial charge < -0.3 is 33.5 Å². The number of hydrogen-bond acceptors (Lipinski definition) is 8. The summed E-state index contributed by atoms with van der Waals surface area (Å²) >= 11 is 0. The van der Waals surface area contributed by atoms with Gasteiger partial charge in [-0.15, -0.1) is 0 Å². The van der Waals surface area contributed by atoms with Gasteiger partial charge in [-0.05, 0) is 41.7 Å². The Labute approximate surface area is 227 Å². The van der Waals surface area contributed by atoms with Crippen LogP contribution in [0.2, 0.25) is 0 Å². The predicted molar refractivity (Wildman–Crippen MR) is 146 cm³/mol. The molecule has 8 heteroatoms. The van der Waals surface area contributed by atoms with Crippen LogP contribution in [0.3, 0.4) is 0 Å². The van der Waals surface area contributed by atoms with Gasteiger partial charge in [-0.25, -0.2) is 4.79 Å². The molecule has 0 spiro atoms. The fourth-order valence-corrected chi connectivity index (χ4v) is 5.35. The maximum Gasteiger partial charge on any atom is 0.331 e. The molecule has 1 N–H and O–H groups in total. The molecule has 1 aliphatic heterocycles. The van der Waals surface area contributed by atoms with E-state index in [0.29, 0.717) is 46.1 Å². The molecular weight excluding hydrogens is 500 g/mol. The molecule has 204 valence electrons. The molecule has 1 heterocycles. The lowest BCUT2D eigenvalue weighted by Crippen LogP contribution is -2.26. The molecule has 0 saturated carbocycles. The second-order valence-corrected chi connectivity index (χ2v) is 9.74. The van der Waals surface area contributed by atoms with Crippen molar-refractivity contribution in [2.45, 2.75) is 26.4 Å². The first kappa shape index (κ1) is 26.3. The molecule has 8 nitrogen and oxygen atoms in total. The summed E-state index contributed by atoms with van der Waals surface area (Å²) in [4.78, 5) is 13.1. The summed E-state index contributed by atoms with van der Waals surface area (Å²) in [6, 6.07) is 13.2. The van der Waals surface area contributed by atoms with Crippen LogP contribution >= 0.6 is 0 Å². The number of hydrogen-bond donors (Lipinski definition) is 1. The highest BCUT2D eigenvalue weighted by molar-refractivity contribution is 5.90. The third-order valence-corrected chi connectivity index (χ3v) is 7.51. The molecule has 3 aromatic rings. The van der Waals surface area contributed by atoms with Crippen LogP contribution in [0.15, 0.2) is 48.5 Å². The van der Waals surface area contributed by atoms with Crippen molar-refractivity contribution in [3.8, 4) is 45.6 Å².